The van der Waals surface area contributed by atoms with Gasteiger partial charge in [0.1, 0.15) is 17.7 Å². The molecule has 0 amide bonds. The molecule has 5 nitrogen and oxygen atoms in total. The van der Waals surface area contributed by atoms with Gasteiger partial charge in [-0.3, -0.25) is 0 Å². The Morgan fingerprint density at radius 3 is 2.75 bits per heavy atom. The Bertz CT molecular complexity index is 528. The highest BCUT2D eigenvalue weighted by Crippen LogP contribution is 2.42. The molecule has 1 aromatic rings. The summed E-state index contributed by atoms with van der Waals surface area (Å²) >= 11 is 0. The van der Waals surface area contributed by atoms with E-state index in [2.05, 4.69) is 15.3 Å². The van der Waals surface area contributed by atoms with Crippen molar-refractivity contribution < 1.29 is 9.90 Å². The zero-order valence-electron chi connectivity index (χ0n) is 11.9. The molecule has 5 heteroatoms. The van der Waals surface area contributed by atoms with Crippen LogP contribution in [-0.4, -0.2) is 26.6 Å². The molecule has 0 spiro atoms. The first kappa shape index (κ1) is 13.3. The minimum Gasteiger partial charge on any atom is -0.480 e. The van der Waals surface area contributed by atoms with Crippen LogP contribution < -0.4 is 5.32 Å². The lowest BCUT2D eigenvalue weighted by molar-refractivity contribution is -0.142. The van der Waals surface area contributed by atoms with E-state index in [1.807, 2.05) is 0 Å². The second-order valence-electron chi connectivity index (χ2n) is 6.11. The van der Waals surface area contributed by atoms with Crippen LogP contribution in [0, 0.1) is 5.92 Å². The average Bonchev–Trinajstić information content (AvgIpc) is 3.25. The summed E-state index contributed by atoms with van der Waals surface area (Å²) in [4.78, 5) is 20.3. The number of carboxylic acid groups (broad SMARTS) is 1. The standard InChI is InChI=1S/C15H21N3O2/c1-15(14(19)20,10-7-8-10)18-13-11-5-3-2-4-6-12(11)16-9-17-13/h9-10H,2-8H2,1H3,(H,19,20)(H,16,17,18). The zero-order chi connectivity index (χ0) is 14.2. The van der Waals surface area contributed by atoms with E-state index in [1.54, 1.807) is 13.3 Å². The highest BCUT2D eigenvalue weighted by Gasteiger charge is 2.48. The number of anilines is 1. The van der Waals surface area contributed by atoms with Crippen LogP contribution in [0.5, 0.6) is 0 Å². The van der Waals surface area contributed by atoms with Crippen molar-refractivity contribution in [2.24, 2.45) is 5.92 Å². The maximum atomic E-state index is 11.6. The van der Waals surface area contributed by atoms with Crippen molar-refractivity contribution in [3.8, 4) is 0 Å². The van der Waals surface area contributed by atoms with E-state index in [4.69, 9.17) is 0 Å². The van der Waals surface area contributed by atoms with Gasteiger partial charge in [-0.1, -0.05) is 6.42 Å². The molecule has 1 fully saturated rings. The summed E-state index contributed by atoms with van der Waals surface area (Å²) < 4.78 is 0. The van der Waals surface area contributed by atoms with E-state index < -0.39 is 11.5 Å². The van der Waals surface area contributed by atoms with Gasteiger partial charge >= 0.3 is 5.97 Å². The monoisotopic (exact) mass is 275 g/mol. The lowest BCUT2D eigenvalue weighted by Crippen LogP contribution is -2.46. The normalized spacial score (nSPS) is 21.4. The van der Waals surface area contributed by atoms with Crippen LogP contribution in [-0.2, 0) is 17.6 Å². The third-order valence-electron chi connectivity index (χ3n) is 4.59. The zero-order valence-corrected chi connectivity index (χ0v) is 11.9. The van der Waals surface area contributed by atoms with Crippen LogP contribution in [0.2, 0.25) is 0 Å². The molecular weight excluding hydrogens is 254 g/mol. The molecule has 108 valence electrons. The number of aliphatic carboxylic acids is 1. The summed E-state index contributed by atoms with van der Waals surface area (Å²) in [5.41, 5.74) is 1.30. The fourth-order valence-corrected chi connectivity index (χ4v) is 3.04. The SMILES string of the molecule is CC(Nc1ncnc2c1CCCCC2)(C(=O)O)C1CC1. The maximum Gasteiger partial charge on any atom is 0.329 e. The van der Waals surface area contributed by atoms with Gasteiger partial charge in [-0.05, 0) is 51.4 Å². The van der Waals surface area contributed by atoms with Crippen molar-refractivity contribution in [3.63, 3.8) is 0 Å². The van der Waals surface area contributed by atoms with Gasteiger partial charge in [-0.25, -0.2) is 14.8 Å². The molecule has 0 radical (unpaired) electrons. The number of nitrogens with one attached hydrogen (secondary N) is 1. The number of carbonyl (C=O) groups is 1. The predicted octanol–water partition coefficient (Wildman–Crippen LogP) is 2.41. The topological polar surface area (TPSA) is 75.1 Å². The molecule has 0 bridgehead atoms. The van der Waals surface area contributed by atoms with Crippen LogP contribution in [0.4, 0.5) is 5.82 Å². The summed E-state index contributed by atoms with van der Waals surface area (Å²) in [6.45, 7) is 1.78. The van der Waals surface area contributed by atoms with E-state index in [1.165, 1.54) is 6.42 Å². The molecule has 1 atom stereocenters. The number of hydrogen-bond acceptors (Lipinski definition) is 4. The van der Waals surface area contributed by atoms with Gasteiger partial charge in [-0.2, -0.15) is 0 Å². The van der Waals surface area contributed by atoms with Crippen molar-refractivity contribution in [2.45, 2.75) is 57.4 Å². The number of aryl methyl sites for hydroxylation is 1. The van der Waals surface area contributed by atoms with Crippen molar-refractivity contribution in [1.82, 2.24) is 9.97 Å². The molecule has 3 rings (SSSR count). The minimum atomic E-state index is -0.908. The van der Waals surface area contributed by atoms with Gasteiger partial charge in [0.15, 0.2) is 0 Å². The number of fused-ring (bicyclic) bond motifs is 1. The molecular formula is C15H21N3O2. The number of rotatable bonds is 4. The molecule has 0 aromatic carbocycles. The van der Waals surface area contributed by atoms with Gasteiger partial charge in [0.05, 0.1) is 0 Å². The second kappa shape index (κ2) is 5.04. The van der Waals surface area contributed by atoms with Crippen LogP contribution in [0.1, 0.15) is 50.3 Å². The highest BCUT2D eigenvalue weighted by atomic mass is 16.4. The van der Waals surface area contributed by atoms with Gasteiger partial charge in [-0.15, -0.1) is 0 Å². The lowest BCUT2D eigenvalue weighted by Gasteiger charge is -2.28. The molecule has 0 aliphatic heterocycles. The Kier molecular flexibility index (Phi) is 3.36. The Hall–Kier alpha value is -1.65. The van der Waals surface area contributed by atoms with Crippen LogP contribution in [0.15, 0.2) is 6.33 Å². The Morgan fingerprint density at radius 1 is 1.30 bits per heavy atom. The van der Waals surface area contributed by atoms with Gasteiger partial charge in [0.2, 0.25) is 0 Å². The largest absolute Gasteiger partial charge is 0.480 e. The quantitative estimate of drug-likeness (QED) is 0.825. The van der Waals surface area contributed by atoms with Crippen molar-refractivity contribution in [2.75, 3.05) is 5.32 Å². The Morgan fingerprint density at radius 2 is 2.05 bits per heavy atom. The van der Waals surface area contributed by atoms with E-state index >= 15 is 0 Å². The molecule has 1 aromatic heterocycles. The first-order valence-corrected chi connectivity index (χ1v) is 7.45. The molecule has 20 heavy (non-hydrogen) atoms. The first-order valence-electron chi connectivity index (χ1n) is 7.45. The summed E-state index contributed by atoms with van der Waals surface area (Å²) in [6, 6.07) is 0. The van der Waals surface area contributed by atoms with Gasteiger partial charge in [0, 0.05) is 11.3 Å². The highest BCUT2D eigenvalue weighted by molar-refractivity contribution is 5.83. The fraction of sp³-hybridized carbons (Fsp3) is 0.667. The van der Waals surface area contributed by atoms with E-state index in [9.17, 15) is 9.90 Å². The summed E-state index contributed by atoms with van der Waals surface area (Å²) in [7, 11) is 0. The summed E-state index contributed by atoms with van der Waals surface area (Å²) in [6.07, 6.45) is 8.91. The Labute approximate surface area is 118 Å². The summed E-state index contributed by atoms with van der Waals surface area (Å²) in [5, 5.41) is 12.8. The number of hydrogen-bond donors (Lipinski definition) is 2. The predicted molar refractivity (Wildman–Crippen MR) is 75.7 cm³/mol. The molecule has 1 saturated carbocycles. The smallest absolute Gasteiger partial charge is 0.329 e. The fourth-order valence-electron chi connectivity index (χ4n) is 3.04. The van der Waals surface area contributed by atoms with Gasteiger partial charge < -0.3 is 10.4 Å². The lowest BCUT2D eigenvalue weighted by atomic mass is 9.95. The van der Waals surface area contributed by atoms with Crippen LogP contribution >= 0.6 is 0 Å². The number of aromatic nitrogens is 2. The number of carboxylic acids is 1. The Balaban J connectivity index is 1.92. The van der Waals surface area contributed by atoms with Crippen molar-refractivity contribution >= 4 is 11.8 Å². The molecule has 2 aliphatic carbocycles. The molecule has 2 N–H and O–H groups in total. The molecule has 2 aliphatic rings. The maximum absolute atomic E-state index is 11.6. The second-order valence-corrected chi connectivity index (χ2v) is 6.11. The van der Waals surface area contributed by atoms with Crippen LogP contribution in [0.25, 0.3) is 0 Å². The van der Waals surface area contributed by atoms with E-state index in [0.29, 0.717) is 0 Å². The molecule has 1 heterocycles. The summed E-state index contributed by atoms with van der Waals surface area (Å²) in [5.74, 6) is 0.145. The number of nitrogens with zero attached hydrogens (tertiary/aromatic N) is 2. The van der Waals surface area contributed by atoms with E-state index in [-0.39, 0.29) is 5.92 Å². The minimum absolute atomic E-state index is 0.205. The third-order valence-corrected chi connectivity index (χ3v) is 4.59. The van der Waals surface area contributed by atoms with Gasteiger partial charge in [0.25, 0.3) is 0 Å². The third kappa shape index (κ3) is 2.37. The van der Waals surface area contributed by atoms with Crippen molar-refractivity contribution in [3.05, 3.63) is 17.6 Å². The van der Waals surface area contributed by atoms with Crippen LogP contribution in [0.3, 0.4) is 0 Å². The van der Waals surface area contributed by atoms with E-state index in [0.717, 1.165) is 55.6 Å². The molecule has 0 saturated heterocycles. The average molecular weight is 275 g/mol. The molecule has 1 unspecified atom stereocenters. The first-order chi connectivity index (χ1) is 9.61. The van der Waals surface area contributed by atoms with Crippen molar-refractivity contribution in [1.29, 1.82) is 0 Å².